The maximum atomic E-state index is 12.5. The van der Waals surface area contributed by atoms with Crippen molar-refractivity contribution in [2.45, 2.75) is 19.4 Å². The highest BCUT2D eigenvalue weighted by Crippen LogP contribution is 2.19. The number of pyridine rings is 1. The van der Waals surface area contributed by atoms with E-state index < -0.39 is 0 Å². The Morgan fingerprint density at radius 2 is 1.68 bits per heavy atom. The molecule has 150 valence electrons. The molecule has 0 amide bonds. The fraction of sp³-hybridized carbons (Fsp3) is 0.571. The number of morpholine rings is 1. The molecule has 0 spiro atoms. The van der Waals surface area contributed by atoms with Crippen LogP contribution in [-0.2, 0) is 11.3 Å². The third kappa shape index (κ3) is 5.04. The molecule has 2 aromatic heterocycles. The van der Waals surface area contributed by atoms with E-state index in [-0.39, 0.29) is 5.56 Å². The van der Waals surface area contributed by atoms with Crippen LogP contribution < -0.4 is 5.56 Å². The summed E-state index contributed by atoms with van der Waals surface area (Å²) in [6, 6.07) is 5.38. The summed E-state index contributed by atoms with van der Waals surface area (Å²) < 4.78 is 7.18. The van der Waals surface area contributed by atoms with Crippen LogP contribution in [0.15, 0.2) is 41.7 Å². The molecule has 2 saturated heterocycles. The lowest BCUT2D eigenvalue weighted by molar-refractivity contribution is 0.0312. The molecule has 7 nitrogen and oxygen atoms in total. The quantitative estimate of drug-likeness (QED) is 0.750. The van der Waals surface area contributed by atoms with Gasteiger partial charge >= 0.3 is 0 Å². The van der Waals surface area contributed by atoms with Gasteiger partial charge < -0.3 is 9.64 Å². The third-order valence-corrected chi connectivity index (χ3v) is 5.85. The van der Waals surface area contributed by atoms with E-state index in [1.54, 1.807) is 29.4 Å². The van der Waals surface area contributed by atoms with Crippen molar-refractivity contribution in [3.05, 3.63) is 47.3 Å². The van der Waals surface area contributed by atoms with E-state index in [9.17, 15) is 4.79 Å². The minimum absolute atomic E-state index is 0.0246. The van der Waals surface area contributed by atoms with Crippen molar-refractivity contribution >= 4 is 0 Å². The number of hydrogen-bond acceptors (Lipinski definition) is 6. The van der Waals surface area contributed by atoms with E-state index in [1.165, 1.54) is 0 Å². The van der Waals surface area contributed by atoms with E-state index >= 15 is 0 Å². The van der Waals surface area contributed by atoms with E-state index in [1.807, 2.05) is 12.1 Å². The molecule has 0 atom stereocenters. The molecule has 2 fully saturated rings. The summed E-state index contributed by atoms with van der Waals surface area (Å²) in [5.41, 5.74) is 1.66. The van der Waals surface area contributed by atoms with Gasteiger partial charge in [-0.25, -0.2) is 4.98 Å². The first-order chi connectivity index (χ1) is 13.8. The number of hydrogen-bond donors (Lipinski definition) is 0. The van der Waals surface area contributed by atoms with Gasteiger partial charge in [0, 0.05) is 56.7 Å². The van der Waals surface area contributed by atoms with Gasteiger partial charge in [-0.2, -0.15) is 0 Å². The summed E-state index contributed by atoms with van der Waals surface area (Å²) in [6.45, 7) is 9.11. The van der Waals surface area contributed by atoms with Crippen LogP contribution in [0.1, 0.15) is 12.8 Å². The van der Waals surface area contributed by atoms with Crippen molar-refractivity contribution in [3.63, 3.8) is 0 Å². The molecule has 0 unspecified atom stereocenters. The second-order valence-corrected chi connectivity index (χ2v) is 7.74. The number of ether oxygens (including phenoxy) is 1. The van der Waals surface area contributed by atoms with Crippen LogP contribution in [0.25, 0.3) is 11.3 Å². The summed E-state index contributed by atoms with van der Waals surface area (Å²) in [5, 5.41) is 0. The predicted octanol–water partition coefficient (Wildman–Crippen LogP) is 1.35. The molecule has 7 heteroatoms. The molecule has 4 heterocycles. The average Bonchev–Trinajstić information content (AvgIpc) is 2.76. The zero-order valence-electron chi connectivity index (χ0n) is 16.4. The van der Waals surface area contributed by atoms with E-state index in [0.29, 0.717) is 11.6 Å². The van der Waals surface area contributed by atoms with Crippen molar-refractivity contribution in [3.8, 4) is 11.3 Å². The summed E-state index contributed by atoms with van der Waals surface area (Å²) in [7, 11) is 0. The number of aromatic nitrogens is 3. The number of likely N-dealkylation sites (tertiary alicyclic amines) is 1. The Labute approximate surface area is 166 Å². The van der Waals surface area contributed by atoms with Crippen LogP contribution in [0, 0.1) is 5.92 Å². The highest BCUT2D eigenvalue weighted by atomic mass is 16.5. The zero-order chi connectivity index (χ0) is 19.2. The van der Waals surface area contributed by atoms with Gasteiger partial charge in [0.1, 0.15) is 0 Å². The normalized spacial score (nSPS) is 19.7. The summed E-state index contributed by atoms with van der Waals surface area (Å²) in [5.74, 6) is 0.547. The maximum Gasteiger partial charge on any atom is 0.253 e. The van der Waals surface area contributed by atoms with Crippen molar-refractivity contribution in [1.82, 2.24) is 24.3 Å². The van der Waals surface area contributed by atoms with E-state index in [4.69, 9.17) is 4.74 Å². The number of rotatable bonds is 6. The maximum absolute atomic E-state index is 12.5. The topological polar surface area (TPSA) is 63.5 Å². The molecule has 2 aliphatic rings. The summed E-state index contributed by atoms with van der Waals surface area (Å²) in [6.07, 6.45) is 7.41. The smallest absolute Gasteiger partial charge is 0.253 e. The minimum Gasteiger partial charge on any atom is -0.379 e. The Kier molecular flexibility index (Phi) is 6.46. The van der Waals surface area contributed by atoms with Crippen LogP contribution in [-0.4, -0.2) is 76.8 Å². The van der Waals surface area contributed by atoms with Gasteiger partial charge in [0.25, 0.3) is 5.56 Å². The van der Waals surface area contributed by atoms with Crippen LogP contribution >= 0.6 is 0 Å². The number of piperidine rings is 1. The molecular weight excluding hydrogens is 354 g/mol. The Morgan fingerprint density at radius 1 is 1.00 bits per heavy atom. The van der Waals surface area contributed by atoms with Gasteiger partial charge in [-0.1, -0.05) is 0 Å². The molecule has 0 radical (unpaired) electrons. The largest absolute Gasteiger partial charge is 0.379 e. The average molecular weight is 383 g/mol. The summed E-state index contributed by atoms with van der Waals surface area (Å²) in [4.78, 5) is 26.0. The van der Waals surface area contributed by atoms with Gasteiger partial charge in [0.05, 0.1) is 25.2 Å². The van der Waals surface area contributed by atoms with E-state index in [2.05, 4.69) is 19.8 Å². The highest BCUT2D eigenvalue weighted by molar-refractivity contribution is 5.57. The first kappa shape index (κ1) is 19.2. The van der Waals surface area contributed by atoms with Crippen molar-refractivity contribution < 1.29 is 4.74 Å². The van der Waals surface area contributed by atoms with Crippen molar-refractivity contribution in [2.75, 3.05) is 52.5 Å². The minimum atomic E-state index is 0.0246. The Hall–Kier alpha value is -2.09. The van der Waals surface area contributed by atoms with Crippen LogP contribution in [0.4, 0.5) is 0 Å². The second kappa shape index (κ2) is 9.41. The molecule has 2 aliphatic heterocycles. The molecule has 0 aromatic carbocycles. The standard InChI is InChI=1S/C21H29N5O2/c27-21-15-20(19-1-5-22-6-2-19)23-17-26(21)16-18-3-7-24(8-4-18)9-10-25-11-13-28-14-12-25/h1-2,5-6,15,17-18H,3-4,7-14,16H2. The Bertz CT molecular complexity index is 796. The van der Waals surface area contributed by atoms with Crippen LogP contribution in [0.5, 0.6) is 0 Å². The summed E-state index contributed by atoms with van der Waals surface area (Å²) >= 11 is 0. The molecule has 4 rings (SSSR count). The fourth-order valence-electron chi connectivity index (χ4n) is 4.02. The third-order valence-electron chi connectivity index (χ3n) is 5.85. The zero-order valence-corrected chi connectivity index (χ0v) is 16.4. The van der Waals surface area contributed by atoms with Crippen LogP contribution in [0.2, 0.25) is 0 Å². The van der Waals surface area contributed by atoms with E-state index in [0.717, 1.165) is 77.4 Å². The lowest BCUT2D eigenvalue weighted by atomic mass is 9.96. The first-order valence-corrected chi connectivity index (χ1v) is 10.3. The SMILES string of the molecule is O=c1cc(-c2ccncc2)ncn1CC1CCN(CCN2CCOCC2)CC1. The fourth-order valence-corrected chi connectivity index (χ4v) is 4.02. The van der Waals surface area contributed by atoms with Gasteiger partial charge in [0.2, 0.25) is 0 Å². The molecule has 0 aliphatic carbocycles. The molecular formula is C21H29N5O2. The van der Waals surface area contributed by atoms with Gasteiger partial charge in [-0.3, -0.25) is 19.2 Å². The van der Waals surface area contributed by atoms with Gasteiger partial charge in [-0.15, -0.1) is 0 Å². The molecule has 0 N–H and O–H groups in total. The monoisotopic (exact) mass is 383 g/mol. The van der Waals surface area contributed by atoms with Gasteiger partial charge in [-0.05, 0) is 44.0 Å². The Balaban J connectivity index is 1.26. The predicted molar refractivity (Wildman–Crippen MR) is 108 cm³/mol. The highest BCUT2D eigenvalue weighted by Gasteiger charge is 2.21. The molecule has 2 aromatic rings. The molecule has 28 heavy (non-hydrogen) atoms. The van der Waals surface area contributed by atoms with Gasteiger partial charge in [0.15, 0.2) is 0 Å². The second-order valence-electron chi connectivity index (χ2n) is 7.74. The van der Waals surface area contributed by atoms with Crippen molar-refractivity contribution in [2.24, 2.45) is 5.92 Å². The molecule has 0 bridgehead atoms. The van der Waals surface area contributed by atoms with Crippen molar-refractivity contribution in [1.29, 1.82) is 0 Å². The lowest BCUT2D eigenvalue weighted by Gasteiger charge is -2.34. The number of nitrogens with zero attached hydrogens (tertiary/aromatic N) is 5. The lowest BCUT2D eigenvalue weighted by Crippen LogP contribution is -2.44. The Morgan fingerprint density at radius 3 is 2.36 bits per heavy atom. The van der Waals surface area contributed by atoms with Crippen LogP contribution in [0.3, 0.4) is 0 Å². The first-order valence-electron chi connectivity index (χ1n) is 10.3. The molecule has 0 saturated carbocycles.